The van der Waals surface area contributed by atoms with Gasteiger partial charge in [0.2, 0.25) is 5.91 Å². The van der Waals surface area contributed by atoms with Gasteiger partial charge in [-0.25, -0.2) is 4.39 Å². The number of aromatic nitrogens is 1. The van der Waals surface area contributed by atoms with E-state index in [-0.39, 0.29) is 11.7 Å². The van der Waals surface area contributed by atoms with Gasteiger partial charge in [-0.1, -0.05) is 13.8 Å². The normalized spacial score (nSPS) is 11.9. The van der Waals surface area contributed by atoms with Gasteiger partial charge in [0.15, 0.2) is 0 Å². The zero-order valence-electron chi connectivity index (χ0n) is 13.9. The van der Waals surface area contributed by atoms with Gasteiger partial charge in [-0.3, -0.25) is 4.79 Å². The van der Waals surface area contributed by atoms with E-state index >= 15 is 0 Å². The molecule has 120 valence electrons. The maximum atomic E-state index is 13.3. The van der Waals surface area contributed by atoms with Gasteiger partial charge in [0, 0.05) is 30.2 Å². The first kappa shape index (κ1) is 16.5. The first-order valence-electron chi connectivity index (χ1n) is 7.98. The molecular formula is C18H25FN2O. The molecule has 1 N–H and O–H groups in total. The molecule has 0 bridgehead atoms. The molecule has 4 heteroatoms. The van der Waals surface area contributed by atoms with Crippen molar-refractivity contribution < 1.29 is 9.18 Å². The largest absolute Gasteiger partial charge is 0.361 e. The van der Waals surface area contributed by atoms with Crippen molar-refractivity contribution in [1.29, 1.82) is 0 Å². The SMILES string of the molecule is CCCN(CCC)C(=O)C(C)(C)c1c[nH]c2cc(F)ccc12. The molecule has 2 rings (SSSR count). The van der Waals surface area contributed by atoms with E-state index in [0.717, 1.165) is 42.4 Å². The minimum absolute atomic E-state index is 0.126. The number of hydrogen-bond acceptors (Lipinski definition) is 1. The number of carbonyl (C=O) groups excluding carboxylic acids is 1. The molecule has 0 spiro atoms. The number of benzene rings is 1. The fourth-order valence-electron chi connectivity index (χ4n) is 2.98. The lowest BCUT2D eigenvalue weighted by Crippen LogP contribution is -2.44. The molecule has 0 aliphatic heterocycles. The molecule has 3 nitrogen and oxygen atoms in total. The monoisotopic (exact) mass is 304 g/mol. The zero-order chi connectivity index (χ0) is 16.3. The summed E-state index contributed by atoms with van der Waals surface area (Å²) in [6.45, 7) is 9.59. The lowest BCUT2D eigenvalue weighted by atomic mass is 9.82. The van der Waals surface area contributed by atoms with E-state index in [9.17, 15) is 9.18 Å². The Morgan fingerprint density at radius 2 is 1.86 bits per heavy atom. The van der Waals surface area contributed by atoms with E-state index in [1.807, 2.05) is 24.9 Å². The smallest absolute Gasteiger partial charge is 0.232 e. The van der Waals surface area contributed by atoms with Crippen LogP contribution in [-0.4, -0.2) is 28.9 Å². The van der Waals surface area contributed by atoms with Crippen molar-refractivity contribution in [3.8, 4) is 0 Å². The van der Waals surface area contributed by atoms with Crippen LogP contribution in [0.3, 0.4) is 0 Å². The Kier molecular flexibility index (Phi) is 4.89. The molecule has 1 amide bonds. The van der Waals surface area contributed by atoms with Gasteiger partial charge < -0.3 is 9.88 Å². The van der Waals surface area contributed by atoms with Gasteiger partial charge in [-0.2, -0.15) is 0 Å². The third-order valence-electron chi connectivity index (χ3n) is 4.13. The highest BCUT2D eigenvalue weighted by molar-refractivity contribution is 5.94. The summed E-state index contributed by atoms with van der Waals surface area (Å²) in [4.78, 5) is 18.0. The van der Waals surface area contributed by atoms with Gasteiger partial charge in [0.05, 0.1) is 5.41 Å². The first-order chi connectivity index (χ1) is 10.4. The second-order valence-corrected chi connectivity index (χ2v) is 6.31. The number of H-pyrrole nitrogens is 1. The number of nitrogens with one attached hydrogen (secondary N) is 1. The van der Waals surface area contributed by atoms with Gasteiger partial charge in [0.1, 0.15) is 5.82 Å². The van der Waals surface area contributed by atoms with Crippen molar-refractivity contribution in [2.45, 2.75) is 46.0 Å². The topological polar surface area (TPSA) is 36.1 Å². The average Bonchev–Trinajstić information content (AvgIpc) is 2.89. The quantitative estimate of drug-likeness (QED) is 0.851. The molecule has 0 aliphatic rings. The molecule has 1 aromatic heterocycles. The number of nitrogens with zero attached hydrogens (tertiary/aromatic N) is 1. The second kappa shape index (κ2) is 6.51. The standard InChI is InChI=1S/C18H25FN2O/c1-5-9-21(10-6-2)17(22)18(3,4)15-12-20-16-11-13(19)7-8-14(15)16/h7-8,11-12,20H,5-6,9-10H2,1-4H3. The molecule has 2 aromatic rings. The van der Waals surface area contributed by atoms with E-state index in [4.69, 9.17) is 0 Å². The van der Waals surface area contributed by atoms with Crippen LogP contribution < -0.4 is 0 Å². The minimum atomic E-state index is -0.638. The van der Waals surface area contributed by atoms with Crippen LogP contribution in [0.1, 0.15) is 46.1 Å². The molecule has 0 saturated carbocycles. The van der Waals surface area contributed by atoms with E-state index in [2.05, 4.69) is 18.8 Å². The van der Waals surface area contributed by atoms with E-state index in [1.165, 1.54) is 12.1 Å². The summed E-state index contributed by atoms with van der Waals surface area (Å²) >= 11 is 0. The Morgan fingerprint density at radius 1 is 1.23 bits per heavy atom. The number of hydrogen-bond donors (Lipinski definition) is 1. The molecule has 0 fully saturated rings. The first-order valence-corrected chi connectivity index (χ1v) is 7.98. The molecule has 0 aliphatic carbocycles. The summed E-state index contributed by atoms with van der Waals surface area (Å²) in [5, 5.41) is 0.910. The van der Waals surface area contributed by atoms with Crippen molar-refractivity contribution in [2.75, 3.05) is 13.1 Å². The van der Waals surface area contributed by atoms with Gasteiger partial charge in [-0.15, -0.1) is 0 Å². The molecule has 0 atom stereocenters. The summed E-state index contributed by atoms with van der Waals surface area (Å²) in [6, 6.07) is 4.65. The van der Waals surface area contributed by atoms with Crippen LogP contribution in [0.4, 0.5) is 4.39 Å². The van der Waals surface area contributed by atoms with Gasteiger partial charge >= 0.3 is 0 Å². The van der Waals surface area contributed by atoms with Crippen LogP contribution in [0.15, 0.2) is 24.4 Å². The second-order valence-electron chi connectivity index (χ2n) is 6.31. The average molecular weight is 304 g/mol. The van der Waals surface area contributed by atoms with Gasteiger partial charge in [-0.05, 0) is 50.5 Å². The maximum absolute atomic E-state index is 13.3. The summed E-state index contributed by atoms with van der Waals surface area (Å²) in [7, 11) is 0. The van der Waals surface area contributed by atoms with Crippen LogP contribution in [0.5, 0.6) is 0 Å². The molecule has 0 unspecified atom stereocenters. The van der Waals surface area contributed by atoms with Crippen molar-refractivity contribution in [3.63, 3.8) is 0 Å². The molecule has 1 heterocycles. The van der Waals surface area contributed by atoms with Crippen LogP contribution in [-0.2, 0) is 10.2 Å². The predicted octanol–water partition coefficient (Wildman–Crippen LogP) is 4.23. The van der Waals surface area contributed by atoms with E-state index in [1.54, 1.807) is 6.07 Å². The molecule has 0 saturated heterocycles. The lowest BCUT2D eigenvalue weighted by molar-refractivity contribution is -0.136. The van der Waals surface area contributed by atoms with Crippen LogP contribution in [0, 0.1) is 5.82 Å². The van der Waals surface area contributed by atoms with E-state index < -0.39 is 5.41 Å². The maximum Gasteiger partial charge on any atom is 0.232 e. The van der Waals surface area contributed by atoms with E-state index in [0.29, 0.717) is 0 Å². The van der Waals surface area contributed by atoms with Crippen molar-refractivity contribution in [2.24, 2.45) is 0 Å². The molecule has 22 heavy (non-hydrogen) atoms. The number of carbonyl (C=O) groups is 1. The fraction of sp³-hybridized carbons (Fsp3) is 0.500. The molecule has 1 aromatic carbocycles. The lowest BCUT2D eigenvalue weighted by Gasteiger charge is -2.31. The third kappa shape index (κ3) is 3.01. The Balaban J connectivity index is 2.40. The highest BCUT2D eigenvalue weighted by atomic mass is 19.1. The summed E-state index contributed by atoms with van der Waals surface area (Å²) in [5.74, 6) is -0.148. The number of aromatic amines is 1. The van der Waals surface area contributed by atoms with Crippen molar-refractivity contribution >= 4 is 16.8 Å². The summed E-state index contributed by atoms with van der Waals surface area (Å²) in [6.07, 6.45) is 3.72. The summed E-state index contributed by atoms with van der Waals surface area (Å²) < 4.78 is 13.3. The van der Waals surface area contributed by atoms with Gasteiger partial charge in [0.25, 0.3) is 0 Å². The number of rotatable bonds is 6. The number of fused-ring (bicyclic) bond motifs is 1. The third-order valence-corrected chi connectivity index (χ3v) is 4.13. The minimum Gasteiger partial charge on any atom is -0.361 e. The van der Waals surface area contributed by atoms with Crippen molar-refractivity contribution in [3.05, 3.63) is 35.8 Å². The fourth-order valence-corrected chi connectivity index (χ4v) is 2.98. The summed E-state index contributed by atoms with van der Waals surface area (Å²) in [5.41, 5.74) is 1.01. The highest BCUT2D eigenvalue weighted by Crippen LogP contribution is 2.32. The Labute approximate surface area is 131 Å². The van der Waals surface area contributed by atoms with Crippen LogP contribution in [0.25, 0.3) is 10.9 Å². The molecular weight excluding hydrogens is 279 g/mol. The Hall–Kier alpha value is -1.84. The zero-order valence-corrected chi connectivity index (χ0v) is 13.9. The van der Waals surface area contributed by atoms with Crippen molar-refractivity contribution in [1.82, 2.24) is 9.88 Å². The molecule has 0 radical (unpaired) electrons. The number of halogens is 1. The van der Waals surface area contributed by atoms with Crippen LogP contribution >= 0.6 is 0 Å². The predicted molar refractivity (Wildman–Crippen MR) is 88.4 cm³/mol. The van der Waals surface area contributed by atoms with Crippen LogP contribution in [0.2, 0.25) is 0 Å². The number of amides is 1. The highest BCUT2D eigenvalue weighted by Gasteiger charge is 2.35. The Morgan fingerprint density at radius 3 is 2.45 bits per heavy atom. The Bertz CT molecular complexity index is 654.